The molecule has 1 aliphatic heterocycles. The molecule has 1 heterocycles. The standard InChI is InChI=1S/C10H14N2O4/c1-2-16-10(14)8(12-11)9(13)7-3-5-15-6-4-7/h7H,2-6H2,1H3. The molecule has 0 spiro atoms. The summed E-state index contributed by atoms with van der Waals surface area (Å²) in [5, 5.41) is 0. The first-order valence-corrected chi connectivity index (χ1v) is 5.21. The van der Waals surface area contributed by atoms with Gasteiger partial charge in [0.2, 0.25) is 0 Å². The van der Waals surface area contributed by atoms with E-state index in [1.54, 1.807) is 6.92 Å². The van der Waals surface area contributed by atoms with Crippen LogP contribution in [0.15, 0.2) is 0 Å². The molecule has 1 saturated heterocycles. The van der Waals surface area contributed by atoms with Crippen molar-refractivity contribution < 1.29 is 23.9 Å². The van der Waals surface area contributed by atoms with Gasteiger partial charge in [-0.25, -0.2) is 4.79 Å². The number of ether oxygens (including phenoxy) is 2. The molecule has 0 atom stereocenters. The van der Waals surface area contributed by atoms with Crippen LogP contribution in [0.25, 0.3) is 5.53 Å². The summed E-state index contributed by atoms with van der Waals surface area (Å²) < 4.78 is 9.73. The molecule has 16 heavy (non-hydrogen) atoms. The maximum absolute atomic E-state index is 11.8. The molecule has 1 aliphatic rings. The van der Waals surface area contributed by atoms with Gasteiger partial charge in [-0.05, 0) is 19.8 Å². The van der Waals surface area contributed by atoms with Crippen LogP contribution in [-0.2, 0) is 19.1 Å². The Bertz CT molecular complexity index is 328. The minimum atomic E-state index is -0.874. The molecule has 0 N–H and O–H groups in total. The van der Waals surface area contributed by atoms with Crippen molar-refractivity contribution in [2.45, 2.75) is 19.8 Å². The SMILES string of the molecule is CCOC(=O)C(=[N+]=[N-])C(=O)C1CCOCC1. The maximum Gasteiger partial charge on any atom is 0.441 e. The Hall–Kier alpha value is -1.52. The Morgan fingerprint density at radius 1 is 1.44 bits per heavy atom. The second-order valence-corrected chi connectivity index (χ2v) is 3.42. The van der Waals surface area contributed by atoms with Gasteiger partial charge in [0, 0.05) is 19.1 Å². The lowest BCUT2D eigenvalue weighted by molar-refractivity contribution is -0.142. The summed E-state index contributed by atoms with van der Waals surface area (Å²) in [6.07, 6.45) is 1.08. The zero-order chi connectivity index (χ0) is 12.0. The van der Waals surface area contributed by atoms with Crippen LogP contribution >= 0.6 is 0 Å². The first-order chi connectivity index (χ1) is 7.70. The third-order valence-corrected chi connectivity index (χ3v) is 2.39. The molecular formula is C10H14N2O4. The molecule has 0 radical (unpaired) electrons. The molecule has 0 aromatic carbocycles. The Balaban J connectivity index is 2.69. The zero-order valence-electron chi connectivity index (χ0n) is 9.14. The summed E-state index contributed by atoms with van der Waals surface area (Å²) in [4.78, 5) is 25.8. The van der Waals surface area contributed by atoms with E-state index in [1.807, 2.05) is 0 Å². The first-order valence-electron chi connectivity index (χ1n) is 5.21. The highest BCUT2D eigenvalue weighted by Gasteiger charge is 2.37. The lowest BCUT2D eigenvalue weighted by Gasteiger charge is -2.18. The lowest BCUT2D eigenvalue weighted by atomic mass is 9.92. The van der Waals surface area contributed by atoms with Gasteiger partial charge in [-0.3, -0.25) is 4.79 Å². The van der Waals surface area contributed by atoms with E-state index in [9.17, 15) is 9.59 Å². The smallest absolute Gasteiger partial charge is 0.441 e. The summed E-state index contributed by atoms with van der Waals surface area (Å²) >= 11 is 0. The predicted molar refractivity (Wildman–Crippen MR) is 53.8 cm³/mol. The molecule has 1 fully saturated rings. The molecule has 6 nitrogen and oxygen atoms in total. The summed E-state index contributed by atoms with van der Waals surface area (Å²) in [7, 11) is 0. The number of carbonyl (C=O) groups is 2. The molecule has 0 aliphatic carbocycles. The van der Waals surface area contributed by atoms with Crippen LogP contribution in [-0.4, -0.2) is 42.1 Å². The molecule has 0 aromatic rings. The van der Waals surface area contributed by atoms with Gasteiger partial charge >= 0.3 is 11.7 Å². The van der Waals surface area contributed by atoms with Crippen LogP contribution in [0.4, 0.5) is 0 Å². The van der Waals surface area contributed by atoms with Crippen LogP contribution in [0.5, 0.6) is 0 Å². The molecule has 0 saturated carbocycles. The summed E-state index contributed by atoms with van der Waals surface area (Å²) in [6.45, 7) is 2.72. The van der Waals surface area contributed by atoms with Crippen molar-refractivity contribution in [2.24, 2.45) is 5.92 Å². The van der Waals surface area contributed by atoms with E-state index in [4.69, 9.17) is 10.3 Å². The second kappa shape index (κ2) is 6.15. The number of esters is 1. The van der Waals surface area contributed by atoms with Crippen molar-refractivity contribution in [3.05, 3.63) is 5.53 Å². The Morgan fingerprint density at radius 2 is 2.06 bits per heavy atom. The first kappa shape index (κ1) is 12.5. The summed E-state index contributed by atoms with van der Waals surface area (Å²) in [5.74, 6) is -1.66. The number of carbonyl (C=O) groups excluding carboxylic acids is 2. The normalized spacial score (nSPS) is 16.3. The highest BCUT2D eigenvalue weighted by atomic mass is 16.5. The van der Waals surface area contributed by atoms with Gasteiger partial charge in [0.15, 0.2) is 0 Å². The van der Waals surface area contributed by atoms with E-state index in [-0.39, 0.29) is 12.5 Å². The topological polar surface area (TPSA) is 89.0 Å². The van der Waals surface area contributed by atoms with Crippen LogP contribution in [0, 0.1) is 5.92 Å². The molecule has 0 aromatic heterocycles. The fourth-order valence-electron chi connectivity index (χ4n) is 1.54. The van der Waals surface area contributed by atoms with Gasteiger partial charge in [-0.1, -0.05) is 0 Å². The Morgan fingerprint density at radius 3 is 2.56 bits per heavy atom. The van der Waals surface area contributed by atoms with E-state index in [0.717, 1.165) is 0 Å². The van der Waals surface area contributed by atoms with Crippen LogP contribution < -0.4 is 0 Å². The third kappa shape index (κ3) is 2.98. The van der Waals surface area contributed by atoms with E-state index in [2.05, 4.69) is 9.53 Å². The monoisotopic (exact) mass is 226 g/mol. The second-order valence-electron chi connectivity index (χ2n) is 3.42. The molecular weight excluding hydrogens is 212 g/mol. The molecule has 0 bridgehead atoms. The average molecular weight is 226 g/mol. The van der Waals surface area contributed by atoms with Gasteiger partial charge in [-0.15, -0.1) is 0 Å². The maximum atomic E-state index is 11.8. The lowest BCUT2D eigenvalue weighted by Crippen LogP contribution is -2.35. The zero-order valence-corrected chi connectivity index (χ0v) is 9.14. The number of rotatable bonds is 4. The molecule has 1 rings (SSSR count). The molecule has 0 amide bonds. The van der Waals surface area contributed by atoms with Crippen molar-refractivity contribution in [1.82, 2.24) is 0 Å². The predicted octanol–water partition coefficient (Wildman–Crippen LogP) is 0.216. The fraction of sp³-hybridized carbons (Fsp3) is 0.700. The fourth-order valence-corrected chi connectivity index (χ4v) is 1.54. The van der Waals surface area contributed by atoms with Crippen LogP contribution in [0.1, 0.15) is 19.8 Å². The van der Waals surface area contributed by atoms with E-state index in [1.165, 1.54) is 0 Å². The minimum absolute atomic E-state index is 0.138. The molecule has 6 heteroatoms. The highest BCUT2D eigenvalue weighted by Crippen LogP contribution is 2.16. The number of hydrogen-bond acceptors (Lipinski definition) is 4. The van der Waals surface area contributed by atoms with Gasteiger partial charge in [0.1, 0.15) is 0 Å². The number of Topliss-reactive ketones (excluding diaryl/α,β-unsaturated/α-hetero) is 1. The van der Waals surface area contributed by atoms with Crippen LogP contribution in [0.2, 0.25) is 0 Å². The van der Waals surface area contributed by atoms with E-state index < -0.39 is 17.5 Å². The van der Waals surface area contributed by atoms with E-state index >= 15 is 0 Å². The number of nitrogens with zero attached hydrogens (tertiary/aromatic N) is 2. The van der Waals surface area contributed by atoms with Gasteiger partial charge in [-0.2, -0.15) is 4.79 Å². The van der Waals surface area contributed by atoms with E-state index in [0.29, 0.717) is 26.1 Å². The quantitative estimate of drug-likeness (QED) is 0.225. The Labute approximate surface area is 93.2 Å². The third-order valence-electron chi connectivity index (χ3n) is 2.39. The van der Waals surface area contributed by atoms with Crippen molar-refractivity contribution in [3.8, 4) is 0 Å². The van der Waals surface area contributed by atoms with Crippen molar-refractivity contribution >= 4 is 17.5 Å². The van der Waals surface area contributed by atoms with Crippen molar-refractivity contribution in [1.29, 1.82) is 0 Å². The number of ketones is 1. The molecule has 88 valence electrons. The minimum Gasteiger partial charge on any atom is -0.457 e. The summed E-state index contributed by atoms with van der Waals surface area (Å²) in [6, 6.07) is 0. The van der Waals surface area contributed by atoms with Gasteiger partial charge in [0.05, 0.1) is 6.61 Å². The highest BCUT2D eigenvalue weighted by molar-refractivity contribution is 6.62. The summed E-state index contributed by atoms with van der Waals surface area (Å²) in [5.41, 5.74) is 8.14. The average Bonchev–Trinajstić information content (AvgIpc) is 2.31. The van der Waals surface area contributed by atoms with Crippen LogP contribution in [0.3, 0.4) is 0 Å². The van der Waals surface area contributed by atoms with Gasteiger partial charge < -0.3 is 15.0 Å². The molecule has 0 unspecified atom stereocenters. The largest absolute Gasteiger partial charge is 0.457 e. The Kier molecular flexibility index (Phi) is 4.82. The number of hydrogen-bond donors (Lipinski definition) is 0. The van der Waals surface area contributed by atoms with Crippen molar-refractivity contribution in [3.63, 3.8) is 0 Å². The van der Waals surface area contributed by atoms with Crippen molar-refractivity contribution in [2.75, 3.05) is 19.8 Å². The van der Waals surface area contributed by atoms with Gasteiger partial charge in [0.25, 0.3) is 5.78 Å².